The van der Waals surface area contributed by atoms with Gasteiger partial charge in [0, 0.05) is 5.02 Å². The standard InChI is InChI=1S/C10H9ClFN/c1-3-10(13-2)8-5-4-7(12)6-9(8)11/h1,4-6,10,13H,2H3. The molecule has 0 saturated heterocycles. The lowest BCUT2D eigenvalue weighted by molar-refractivity contribution is 0.625. The molecule has 3 heteroatoms. The van der Waals surface area contributed by atoms with E-state index in [0.29, 0.717) is 10.6 Å². The molecule has 1 N–H and O–H groups in total. The second kappa shape index (κ2) is 4.27. The zero-order valence-electron chi connectivity index (χ0n) is 7.14. The summed E-state index contributed by atoms with van der Waals surface area (Å²) < 4.78 is 12.7. The Hall–Kier alpha value is -1.04. The molecule has 0 spiro atoms. The third-order valence-electron chi connectivity index (χ3n) is 1.73. The second-order valence-corrected chi connectivity index (χ2v) is 2.96. The number of terminal acetylenes is 1. The monoisotopic (exact) mass is 197 g/mol. The highest BCUT2D eigenvalue weighted by Crippen LogP contribution is 2.22. The Bertz CT molecular complexity index is 343. The lowest BCUT2D eigenvalue weighted by Crippen LogP contribution is -2.14. The van der Waals surface area contributed by atoms with E-state index in [9.17, 15) is 4.39 Å². The topological polar surface area (TPSA) is 12.0 Å². The highest BCUT2D eigenvalue weighted by Gasteiger charge is 2.09. The van der Waals surface area contributed by atoms with Crippen molar-refractivity contribution in [3.63, 3.8) is 0 Å². The zero-order chi connectivity index (χ0) is 9.84. The molecule has 0 fully saturated rings. The van der Waals surface area contributed by atoms with Gasteiger partial charge in [-0.1, -0.05) is 23.6 Å². The fourth-order valence-corrected chi connectivity index (χ4v) is 1.34. The quantitative estimate of drug-likeness (QED) is 0.718. The maximum atomic E-state index is 12.7. The first-order chi connectivity index (χ1) is 6.19. The van der Waals surface area contributed by atoms with E-state index in [4.69, 9.17) is 18.0 Å². The summed E-state index contributed by atoms with van der Waals surface area (Å²) in [6, 6.07) is 3.90. The fourth-order valence-electron chi connectivity index (χ4n) is 1.06. The average Bonchev–Trinajstić information content (AvgIpc) is 2.10. The molecule has 0 aliphatic rings. The third kappa shape index (κ3) is 2.21. The minimum absolute atomic E-state index is 0.270. The molecule has 0 aromatic heterocycles. The van der Waals surface area contributed by atoms with E-state index < -0.39 is 0 Å². The van der Waals surface area contributed by atoms with E-state index in [0.717, 1.165) is 0 Å². The SMILES string of the molecule is C#CC(NC)c1ccc(F)cc1Cl. The van der Waals surface area contributed by atoms with Crippen LogP contribution in [0.15, 0.2) is 18.2 Å². The van der Waals surface area contributed by atoms with Gasteiger partial charge in [-0.3, -0.25) is 0 Å². The van der Waals surface area contributed by atoms with Crippen molar-refractivity contribution in [1.82, 2.24) is 5.32 Å². The molecule has 1 unspecified atom stereocenters. The van der Waals surface area contributed by atoms with Gasteiger partial charge in [0.05, 0.1) is 6.04 Å². The second-order valence-electron chi connectivity index (χ2n) is 2.55. The molecule has 0 radical (unpaired) electrons. The van der Waals surface area contributed by atoms with Crippen LogP contribution in [0.5, 0.6) is 0 Å². The highest BCUT2D eigenvalue weighted by molar-refractivity contribution is 6.31. The summed E-state index contributed by atoms with van der Waals surface area (Å²) in [5.41, 5.74) is 0.716. The number of hydrogen-bond acceptors (Lipinski definition) is 1. The zero-order valence-corrected chi connectivity index (χ0v) is 7.90. The summed E-state index contributed by atoms with van der Waals surface area (Å²) in [4.78, 5) is 0. The van der Waals surface area contributed by atoms with Crippen molar-refractivity contribution >= 4 is 11.6 Å². The minimum atomic E-state index is -0.361. The number of hydrogen-bond donors (Lipinski definition) is 1. The molecule has 0 aliphatic heterocycles. The number of benzene rings is 1. The van der Waals surface area contributed by atoms with Gasteiger partial charge in [-0.05, 0) is 24.7 Å². The molecule has 1 rings (SSSR count). The summed E-state index contributed by atoms with van der Waals surface area (Å²) >= 11 is 5.81. The van der Waals surface area contributed by atoms with Crippen LogP contribution in [-0.2, 0) is 0 Å². The average molecular weight is 198 g/mol. The Morgan fingerprint density at radius 3 is 2.77 bits per heavy atom. The Labute approximate surface area is 81.9 Å². The Morgan fingerprint density at radius 1 is 1.62 bits per heavy atom. The van der Waals surface area contributed by atoms with Crippen molar-refractivity contribution in [1.29, 1.82) is 0 Å². The van der Waals surface area contributed by atoms with Crippen LogP contribution in [0.2, 0.25) is 5.02 Å². The molecule has 0 heterocycles. The lowest BCUT2D eigenvalue weighted by Gasteiger charge is -2.11. The van der Waals surface area contributed by atoms with Crippen LogP contribution in [0.4, 0.5) is 4.39 Å². The fraction of sp³-hybridized carbons (Fsp3) is 0.200. The predicted octanol–water partition coefficient (Wildman–Crippen LogP) is 2.37. The third-order valence-corrected chi connectivity index (χ3v) is 2.06. The maximum absolute atomic E-state index is 12.7. The van der Waals surface area contributed by atoms with Gasteiger partial charge in [0.1, 0.15) is 5.82 Å². The summed E-state index contributed by atoms with van der Waals surface area (Å²) in [7, 11) is 1.73. The minimum Gasteiger partial charge on any atom is -0.303 e. The van der Waals surface area contributed by atoms with Gasteiger partial charge in [0.25, 0.3) is 0 Å². The van der Waals surface area contributed by atoms with Crippen LogP contribution in [-0.4, -0.2) is 7.05 Å². The van der Waals surface area contributed by atoms with Gasteiger partial charge in [-0.15, -0.1) is 6.42 Å². The first kappa shape index (κ1) is 10.0. The summed E-state index contributed by atoms with van der Waals surface area (Å²) in [5.74, 6) is 2.15. The van der Waals surface area contributed by atoms with Gasteiger partial charge in [-0.2, -0.15) is 0 Å². The molecular weight excluding hydrogens is 189 g/mol. The molecule has 1 atom stereocenters. The van der Waals surface area contributed by atoms with E-state index in [1.54, 1.807) is 13.1 Å². The summed E-state index contributed by atoms with van der Waals surface area (Å²) in [5, 5.41) is 3.23. The Kier molecular flexibility index (Phi) is 3.30. The molecule has 13 heavy (non-hydrogen) atoms. The Balaban J connectivity index is 3.09. The van der Waals surface area contributed by atoms with Crippen LogP contribution < -0.4 is 5.32 Å². The molecule has 0 amide bonds. The van der Waals surface area contributed by atoms with Crippen molar-refractivity contribution in [3.8, 4) is 12.3 Å². The molecule has 1 nitrogen and oxygen atoms in total. The normalized spacial score (nSPS) is 12.2. The molecular formula is C10H9ClFN. The van der Waals surface area contributed by atoms with Gasteiger partial charge >= 0.3 is 0 Å². The van der Waals surface area contributed by atoms with Crippen molar-refractivity contribution in [2.75, 3.05) is 7.05 Å². The van der Waals surface area contributed by atoms with Crippen molar-refractivity contribution in [2.45, 2.75) is 6.04 Å². The molecule has 68 valence electrons. The van der Waals surface area contributed by atoms with Crippen molar-refractivity contribution in [3.05, 3.63) is 34.6 Å². The van der Waals surface area contributed by atoms with Crippen LogP contribution in [0.1, 0.15) is 11.6 Å². The van der Waals surface area contributed by atoms with E-state index in [-0.39, 0.29) is 11.9 Å². The summed E-state index contributed by atoms with van der Waals surface area (Å²) in [6.07, 6.45) is 5.26. The number of rotatable bonds is 2. The van der Waals surface area contributed by atoms with Gasteiger partial charge in [-0.25, -0.2) is 4.39 Å². The van der Waals surface area contributed by atoms with Crippen molar-refractivity contribution in [2.24, 2.45) is 0 Å². The van der Waals surface area contributed by atoms with E-state index >= 15 is 0 Å². The lowest BCUT2D eigenvalue weighted by atomic mass is 10.1. The van der Waals surface area contributed by atoms with E-state index in [1.807, 2.05) is 0 Å². The number of halogens is 2. The van der Waals surface area contributed by atoms with Gasteiger partial charge in [0.15, 0.2) is 0 Å². The first-order valence-electron chi connectivity index (χ1n) is 3.77. The maximum Gasteiger partial charge on any atom is 0.124 e. The van der Waals surface area contributed by atoms with Gasteiger partial charge < -0.3 is 5.32 Å². The Morgan fingerprint density at radius 2 is 2.31 bits per heavy atom. The summed E-state index contributed by atoms with van der Waals surface area (Å²) in [6.45, 7) is 0. The van der Waals surface area contributed by atoms with E-state index in [1.165, 1.54) is 12.1 Å². The molecule has 1 aromatic carbocycles. The molecule has 0 saturated carbocycles. The molecule has 0 aliphatic carbocycles. The highest BCUT2D eigenvalue weighted by atomic mass is 35.5. The smallest absolute Gasteiger partial charge is 0.124 e. The first-order valence-corrected chi connectivity index (χ1v) is 4.15. The van der Waals surface area contributed by atoms with Crippen LogP contribution in [0.3, 0.4) is 0 Å². The predicted molar refractivity (Wildman–Crippen MR) is 52.0 cm³/mol. The van der Waals surface area contributed by atoms with Gasteiger partial charge in [0.2, 0.25) is 0 Å². The molecule has 0 bridgehead atoms. The van der Waals surface area contributed by atoms with Crippen LogP contribution >= 0.6 is 11.6 Å². The molecule has 1 aromatic rings. The van der Waals surface area contributed by atoms with Crippen LogP contribution in [0.25, 0.3) is 0 Å². The number of nitrogens with one attached hydrogen (secondary N) is 1. The van der Waals surface area contributed by atoms with E-state index in [2.05, 4.69) is 11.2 Å². The van der Waals surface area contributed by atoms with Crippen molar-refractivity contribution < 1.29 is 4.39 Å². The van der Waals surface area contributed by atoms with Crippen LogP contribution in [0, 0.1) is 18.2 Å². The largest absolute Gasteiger partial charge is 0.303 e.